The van der Waals surface area contributed by atoms with E-state index in [0.717, 1.165) is 28.6 Å². The fraction of sp³-hybridized carbons (Fsp3) is 0.261. The second-order valence-electron chi connectivity index (χ2n) is 7.62. The topological polar surface area (TPSA) is 98.9 Å². The minimum atomic E-state index is -3.57. The van der Waals surface area contributed by atoms with Gasteiger partial charge in [-0.05, 0) is 36.8 Å². The van der Waals surface area contributed by atoms with Crippen molar-refractivity contribution in [1.29, 1.82) is 0 Å². The summed E-state index contributed by atoms with van der Waals surface area (Å²) in [7, 11) is -3.57. The van der Waals surface area contributed by atoms with E-state index in [1.165, 1.54) is 0 Å². The minimum Gasteiger partial charge on any atom is -0.323 e. The fourth-order valence-electron chi connectivity index (χ4n) is 3.58. The molecule has 0 spiro atoms. The Balaban J connectivity index is 1.35. The van der Waals surface area contributed by atoms with Crippen LogP contribution in [0.1, 0.15) is 24.6 Å². The first-order chi connectivity index (χ1) is 15.4. The van der Waals surface area contributed by atoms with Crippen LogP contribution in [0.3, 0.4) is 0 Å². The van der Waals surface area contributed by atoms with E-state index in [-0.39, 0.29) is 23.0 Å². The van der Waals surface area contributed by atoms with Crippen LogP contribution in [-0.4, -0.2) is 39.6 Å². The highest BCUT2D eigenvalue weighted by Crippen LogP contribution is 2.20. The maximum atomic E-state index is 12.7. The molecule has 0 bridgehead atoms. The first-order valence-corrected chi connectivity index (χ1v) is 12.1. The number of nitrogens with zero attached hydrogens (tertiary/aromatic N) is 4. The minimum absolute atomic E-state index is 0.136. The molecule has 8 nitrogen and oxygen atoms in total. The number of hydrogen-bond acceptors (Lipinski definition) is 5. The van der Waals surface area contributed by atoms with Crippen LogP contribution in [0.25, 0.3) is 10.8 Å². The van der Waals surface area contributed by atoms with Crippen molar-refractivity contribution in [1.82, 2.24) is 19.6 Å². The highest BCUT2D eigenvalue weighted by Gasteiger charge is 2.17. The third-order valence-corrected chi connectivity index (χ3v) is 7.15. The molecular weight excluding hydrogens is 426 g/mol. The molecule has 0 aliphatic heterocycles. The SMILES string of the molecule is CCn1ncc(Cn2cc(NC(=O)CCS(=O)(=O)c3ccc4ccccc4c3)cn2)c1C. The Morgan fingerprint density at radius 2 is 1.84 bits per heavy atom. The van der Waals surface area contributed by atoms with Crippen molar-refractivity contribution < 1.29 is 13.2 Å². The Kier molecular flexibility index (Phi) is 6.09. The van der Waals surface area contributed by atoms with E-state index in [1.54, 1.807) is 35.3 Å². The van der Waals surface area contributed by atoms with Gasteiger partial charge in [-0.3, -0.25) is 14.2 Å². The number of benzene rings is 2. The predicted molar refractivity (Wildman–Crippen MR) is 123 cm³/mol. The van der Waals surface area contributed by atoms with Gasteiger partial charge in [0.1, 0.15) is 0 Å². The number of nitrogens with one attached hydrogen (secondary N) is 1. The first kappa shape index (κ1) is 21.8. The molecular formula is C23H25N5O3S. The standard InChI is InChI=1S/C23H25N5O3S/c1-3-28-17(2)20(13-25-28)15-27-16-21(14-24-27)26-23(29)10-11-32(30,31)22-9-8-18-6-4-5-7-19(18)12-22/h4-9,12-14,16H,3,10-11,15H2,1-2H3,(H,26,29). The van der Waals surface area contributed by atoms with Crippen LogP contribution >= 0.6 is 0 Å². The number of carbonyl (C=O) groups excluding carboxylic acids is 1. The molecule has 2 heterocycles. The summed E-state index contributed by atoms with van der Waals surface area (Å²) in [6.45, 7) is 5.38. The molecule has 0 radical (unpaired) electrons. The lowest BCUT2D eigenvalue weighted by molar-refractivity contribution is -0.115. The van der Waals surface area contributed by atoms with Gasteiger partial charge in [0, 0.05) is 30.4 Å². The van der Waals surface area contributed by atoms with E-state index in [9.17, 15) is 13.2 Å². The number of rotatable bonds is 8. The first-order valence-electron chi connectivity index (χ1n) is 10.4. The van der Waals surface area contributed by atoms with Crippen LogP contribution in [0.15, 0.2) is 66.0 Å². The molecule has 0 aliphatic rings. The van der Waals surface area contributed by atoms with Gasteiger partial charge < -0.3 is 5.32 Å². The summed E-state index contributed by atoms with van der Waals surface area (Å²) in [6, 6.07) is 12.6. The summed E-state index contributed by atoms with van der Waals surface area (Å²) < 4.78 is 29.0. The van der Waals surface area contributed by atoms with Gasteiger partial charge >= 0.3 is 0 Å². The molecule has 1 N–H and O–H groups in total. The quantitative estimate of drug-likeness (QED) is 0.443. The van der Waals surface area contributed by atoms with Gasteiger partial charge in [-0.15, -0.1) is 0 Å². The number of hydrogen-bond donors (Lipinski definition) is 1. The summed E-state index contributed by atoms with van der Waals surface area (Å²) in [4.78, 5) is 12.6. The lowest BCUT2D eigenvalue weighted by Gasteiger charge is -2.06. The average Bonchev–Trinajstić information content (AvgIpc) is 3.38. The van der Waals surface area contributed by atoms with Crippen molar-refractivity contribution in [2.45, 2.75) is 38.3 Å². The van der Waals surface area contributed by atoms with Gasteiger partial charge in [0.25, 0.3) is 0 Å². The van der Waals surface area contributed by atoms with Crippen molar-refractivity contribution in [2.75, 3.05) is 11.1 Å². The largest absolute Gasteiger partial charge is 0.323 e. The number of aryl methyl sites for hydroxylation is 1. The van der Waals surface area contributed by atoms with Crippen LogP contribution < -0.4 is 5.32 Å². The summed E-state index contributed by atoms with van der Waals surface area (Å²) in [5.74, 6) is -0.635. The molecule has 0 atom stereocenters. The number of carbonyl (C=O) groups is 1. The van der Waals surface area contributed by atoms with Gasteiger partial charge in [-0.25, -0.2) is 8.42 Å². The van der Waals surface area contributed by atoms with E-state index in [4.69, 9.17) is 0 Å². The van der Waals surface area contributed by atoms with E-state index >= 15 is 0 Å². The van der Waals surface area contributed by atoms with Gasteiger partial charge in [0.15, 0.2) is 9.84 Å². The van der Waals surface area contributed by atoms with Crippen LogP contribution in [0, 0.1) is 6.92 Å². The normalized spacial score (nSPS) is 11.7. The zero-order valence-corrected chi connectivity index (χ0v) is 18.8. The molecule has 4 rings (SSSR count). The summed E-state index contributed by atoms with van der Waals surface area (Å²) in [5.41, 5.74) is 2.65. The molecule has 166 valence electrons. The maximum absolute atomic E-state index is 12.7. The average molecular weight is 452 g/mol. The van der Waals surface area contributed by atoms with Crippen molar-refractivity contribution in [3.8, 4) is 0 Å². The molecule has 1 amide bonds. The monoisotopic (exact) mass is 451 g/mol. The van der Waals surface area contributed by atoms with Gasteiger partial charge in [-0.2, -0.15) is 10.2 Å². The predicted octanol–water partition coefficient (Wildman–Crippen LogP) is 3.41. The second kappa shape index (κ2) is 8.96. The third kappa shape index (κ3) is 4.72. The lowest BCUT2D eigenvalue weighted by atomic mass is 10.1. The molecule has 4 aromatic rings. The van der Waals surface area contributed by atoms with Gasteiger partial charge in [0.05, 0.1) is 35.3 Å². The Morgan fingerprint density at radius 3 is 2.59 bits per heavy atom. The summed E-state index contributed by atoms with van der Waals surface area (Å²) in [5, 5.41) is 13.1. The van der Waals surface area contributed by atoms with Crippen LogP contribution in [0.2, 0.25) is 0 Å². The van der Waals surface area contributed by atoms with Crippen LogP contribution in [-0.2, 0) is 27.7 Å². The molecule has 0 saturated heterocycles. The fourth-order valence-corrected chi connectivity index (χ4v) is 4.85. The highest BCUT2D eigenvalue weighted by atomic mass is 32.2. The van der Waals surface area contributed by atoms with E-state index in [0.29, 0.717) is 12.2 Å². The number of aromatic nitrogens is 4. The molecule has 0 aliphatic carbocycles. The summed E-state index contributed by atoms with van der Waals surface area (Å²) in [6.07, 6.45) is 4.95. The molecule has 2 aromatic heterocycles. The molecule has 2 aromatic carbocycles. The Bertz CT molecular complexity index is 1370. The second-order valence-corrected chi connectivity index (χ2v) is 9.73. The Labute approximate surface area is 186 Å². The van der Waals surface area contributed by atoms with E-state index in [2.05, 4.69) is 15.5 Å². The van der Waals surface area contributed by atoms with Crippen molar-refractivity contribution in [3.05, 3.63) is 72.3 Å². The Morgan fingerprint density at radius 1 is 1.06 bits per heavy atom. The molecule has 0 unspecified atom stereocenters. The Hall–Kier alpha value is -3.46. The molecule has 32 heavy (non-hydrogen) atoms. The van der Waals surface area contributed by atoms with Crippen molar-refractivity contribution in [2.24, 2.45) is 0 Å². The number of amides is 1. The highest BCUT2D eigenvalue weighted by molar-refractivity contribution is 7.91. The van der Waals surface area contributed by atoms with Crippen LogP contribution in [0.5, 0.6) is 0 Å². The lowest BCUT2D eigenvalue weighted by Crippen LogP contribution is -2.17. The van der Waals surface area contributed by atoms with Gasteiger partial charge in [0.2, 0.25) is 5.91 Å². The van der Waals surface area contributed by atoms with E-state index in [1.807, 2.05) is 49.0 Å². The van der Waals surface area contributed by atoms with Gasteiger partial charge in [-0.1, -0.05) is 30.3 Å². The maximum Gasteiger partial charge on any atom is 0.225 e. The van der Waals surface area contributed by atoms with Crippen molar-refractivity contribution >= 4 is 32.2 Å². The zero-order valence-electron chi connectivity index (χ0n) is 18.0. The number of fused-ring (bicyclic) bond motifs is 1. The van der Waals surface area contributed by atoms with Crippen molar-refractivity contribution in [3.63, 3.8) is 0 Å². The number of sulfone groups is 1. The third-order valence-electron chi connectivity index (χ3n) is 5.43. The molecule has 9 heteroatoms. The zero-order chi connectivity index (χ0) is 22.7. The number of anilines is 1. The molecule has 0 fully saturated rings. The van der Waals surface area contributed by atoms with E-state index < -0.39 is 9.84 Å². The smallest absolute Gasteiger partial charge is 0.225 e. The van der Waals surface area contributed by atoms with Crippen LogP contribution in [0.4, 0.5) is 5.69 Å². The summed E-state index contributed by atoms with van der Waals surface area (Å²) >= 11 is 0. The molecule has 0 saturated carbocycles.